The molecule has 1 heterocycles. The number of unbranched alkanes of at least 4 members (excludes halogenated alkanes) is 3. The highest BCUT2D eigenvalue weighted by molar-refractivity contribution is 6.70. The molecule has 0 radical (unpaired) electrons. The smallest absolute Gasteiger partial charge is 0.403 e. The zero-order valence-corrected chi connectivity index (χ0v) is 19.3. The molecule has 0 saturated carbocycles. The normalized spacial score (nSPS) is 22.0. The predicted octanol–water partition coefficient (Wildman–Crippen LogP) is 4.41. The lowest BCUT2D eigenvalue weighted by molar-refractivity contribution is 0.0706. The Morgan fingerprint density at radius 1 is 0.840 bits per heavy atom. The summed E-state index contributed by atoms with van der Waals surface area (Å²) >= 11 is 0. The van der Waals surface area contributed by atoms with Gasteiger partial charge >= 0.3 is 8.80 Å². The van der Waals surface area contributed by atoms with Gasteiger partial charge in [-0.05, 0) is 72.6 Å². The molecule has 0 N–H and O–H groups in total. The summed E-state index contributed by atoms with van der Waals surface area (Å²) in [4.78, 5) is 0. The Morgan fingerprint density at radius 3 is 2.00 bits per heavy atom. The molecule has 0 spiro atoms. The molecule has 1 fully saturated rings. The molecule has 1 rings (SSSR count). The maximum absolute atomic E-state index is 6.13. The second-order valence-corrected chi connectivity index (χ2v) is 13.3. The van der Waals surface area contributed by atoms with Crippen LogP contribution in [0.25, 0.3) is 0 Å². The molecule has 0 amide bonds. The maximum Gasteiger partial charge on any atom is 0.500 e. The molecule has 0 aliphatic carbocycles. The van der Waals surface area contributed by atoms with Crippen molar-refractivity contribution in [1.82, 2.24) is 4.57 Å². The number of hydrogen-bond acceptors (Lipinski definition) is 5. The average molecular weight is 392 g/mol. The van der Waals surface area contributed by atoms with E-state index in [2.05, 4.69) is 18.0 Å². The second-order valence-electron chi connectivity index (χ2n) is 6.84. The van der Waals surface area contributed by atoms with Crippen molar-refractivity contribution in [2.45, 2.75) is 78.4 Å². The van der Waals surface area contributed by atoms with Gasteiger partial charge in [-0.25, -0.2) is 0 Å². The summed E-state index contributed by atoms with van der Waals surface area (Å²) in [5.74, 6) is 0. The molecule has 7 heteroatoms. The Labute approximate surface area is 157 Å². The van der Waals surface area contributed by atoms with Crippen LogP contribution in [0.2, 0.25) is 18.6 Å². The number of hydrogen-bond donors (Lipinski definition) is 0. The van der Waals surface area contributed by atoms with Gasteiger partial charge in [0.05, 0.1) is 0 Å². The summed E-state index contributed by atoms with van der Waals surface area (Å²) < 4.78 is 26.6. The van der Waals surface area contributed by atoms with Crippen molar-refractivity contribution in [2.24, 2.45) is 0 Å². The van der Waals surface area contributed by atoms with Crippen LogP contribution < -0.4 is 0 Å². The first kappa shape index (κ1) is 23.3. The molecule has 1 saturated heterocycles. The lowest BCUT2D eigenvalue weighted by atomic mass is 10.2. The summed E-state index contributed by atoms with van der Waals surface area (Å²) in [6.45, 7) is 15.9. The van der Waals surface area contributed by atoms with Crippen LogP contribution in [0.5, 0.6) is 0 Å². The number of rotatable bonds is 15. The summed E-state index contributed by atoms with van der Waals surface area (Å²) in [7, 11) is -4.00. The van der Waals surface area contributed by atoms with Gasteiger partial charge in [0.2, 0.25) is 0 Å². The highest BCUT2D eigenvalue weighted by Gasteiger charge is 2.41. The molecule has 5 nitrogen and oxygen atoms in total. The Kier molecular flexibility index (Phi) is 11.7. The lowest BCUT2D eigenvalue weighted by Crippen LogP contribution is -2.49. The van der Waals surface area contributed by atoms with E-state index < -0.39 is 17.3 Å². The van der Waals surface area contributed by atoms with Crippen molar-refractivity contribution in [3.8, 4) is 0 Å². The van der Waals surface area contributed by atoms with Crippen LogP contribution in [0, 0.1) is 0 Å². The van der Waals surface area contributed by atoms with Crippen LogP contribution in [-0.2, 0) is 17.7 Å². The molecule has 1 unspecified atom stereocenters. The maximum atomic E-state index is 6.13. The Bertz CT molecular complexity index is 332. The van der Waals surface area contributed by atoms with Gasteiger partial charge in [-0.3, -0.25) is 0 Å². The zero-order valence-electron chi connectivity index (χ0n) is 17.3. The van der Waals surface area contributed by atoms with E-state index in [0.29, 0.717) is 19.8 Å². The molecular formula is C18H41NO4Si2. The van der Waals surface area contributed by atoms with E-state index in [9.17, 15) is 0 Å². The minimum atomic E-state index is -2.44. The van der Waals surface area contributed by atoms with Gasteiger partial charge in [0, 0.05) is 32.5 Å². The van der Waals surface area contributed by atoms with Crippen LogP contribution in [0.4, 0.5) is 0 Å². The molecule has 0 bridgehead atoms. The molecule has 1 aliphatic rings. The van der Waals surface area contributed by atoms with E-state index in [1.165, 1.54) is 44.8 Å². The SMILES string of the molecule is CCO[Si](CCCCCCN1CCC[Si]1(C)OCC)(OCC)OCC. The highest BCUT2D eigenvalue weighted by atomic mass is 28.4. The Hall–Kier alpha value is 0.234. The first-order valence-corrected chi connectivity index (χ1v) is 14.9. The van der Waals surface area contributed by atoms with E-state index in [4.69, 9.17) is 17.7 Å². The highest BCUT2D eigenvalue weighted by Crippen LogP contribution is 2.27. The lowest BCUT2D eigenvalue weighted by Gasteiger charge is -2.32. The number of nitrogens with zero attached hydrogens (tertiary/aromatic N) is 1. The molecule has 0 aromatic rings. The molecular weight excluding hydrogens is 350 g/mol. The topological polar surface area (TPSA) is 40.2 Å². The summed E-state index contributed by atoms with van der Waals surface area (Å²) in [6, 6.07) is 2.24. The monoisotopic (exact) mass is 391 g/mol. The standard InChI is InChI=1S/C18H41NO4Si2/c1-6-20-24(5)17-14-16-19(24)15-12-10-11-13-18-25(21-7-2,22-8-3)23-9-4/h6-18H2,1-5H3. The van der Waals surface area contributed by atoms with E-state index in [1.54, 1.807) is 0 Å². The third-order valence-electron chi connectivity index (χ3n) is 4.95. The molecule has 0 aromatic heterocycles. The largest absolute Gasteiger partial charge is 0.500 e. The first-order valence-electron chi connectivity index (χ1n) is 10.4. The third-order valence-corrected chi connectivity index (χ3v) is 12.1. The first-order chi connectivity index (χ1) is 12.1. The van der Waals surface area contributed by atoms with Crippen molar-refractivity contribution in [1.29, 1.82) is 0 Å². The summed E-state index contributed by atoms with van der Waals surface area (Å²) in [5.41, 5.74) is 0. The van der Waals surface area contributed by atoms with Crippen LogP contribution in [0.1, 0.15) is 59.8 Å². The van der Waals surface area contributed by atoms with Gasteiger partial charge in [0.25, 0.3) is 8.48 Å². The van der Waals surface area contributed by atoms with E-state index in [0.717, 1.165) is 19.1 Å². The second kappa shape index (κ2) is 12.6. The quantitative estimate of drug-likeness (QED) is 0.305. The fourth-order valence-corrected chi connectivity index (χ4v) is 9.84. The average Bonchev–Trinajstić information content (AvgIpc) is 2.92. The summed E-state index contributed by atoms with van der Waals surface area (Å²) in [5, 5.41) is 0. The molecule has 150 valence electrons. The van der Waals surface area contributed by atoms with E-state index >= 15 is 0 Å². The summed E-state index contributed by atoms with van der Waals surface area (Å²) in [6.07, 6.45) is 6.20. The zero-order chi connectivity index (χ0) is 18.6. The van der Waals surface area contributed by atoms with Crippen molar-refractivity contribution < 1.29 is 17.7 Å². The van der Waals surface area contributed by atoms with Gasteiger partial charge in [-0.1, -0.05) is 12.8 Å². The fraction of sp³-hybridized carbons (Fsp3) is 1.00. The fourth-order valence-electron chi connectivity index (χ4n) is 3.81. The minimum Gasteiger partial charge on any atom is -0.403 e. The van der Waals surface area contributed by atoms with Crippen molar-refractivity contribution in [3.05, 3.63) is 0 Å². The molecule has 1 atom stereocenters. The van der Waals surface area contributed by atoms with Gasteiger partial charge in [0.1, 0.15) is 0 Å². The minimum absolute atomic E-state index is 0.668. The van der Waals surface area contributed by atoms with Gasteiger partial charge in [-0.2, -0.15) is 0 Å². The van der Waals surface area contributed by atoms with Crippen molar-refractivity contribution >= 4 is 17.3 Å². The van der Waals surface area contributed by atoms with E-state index in [-0.39, 0.29) is 0 Å². The Morgan fingerprint density at radius 2 is 1.44 bits per heavy atom. The van der Waals surface area contributed by atoms with Crippen molar-refractivity contribution in [3.63, 3.8) is 0 Å². The van der Waals surface area contributed by atoms with Gasteiger partial charge < -0.3 is 22.3 Å². The third kappa shape index (κ3) is 7.78. The van der Waals surface area contributed by atoms with E-state index in [1.807, 2.05) is 20.8 Å². The van der Waals surface area contributed by atoms with Gasteiger partial charge in [0.15, 0.2) is 0 Å². The van der Waals surface area contributed by atoms with Crippen LogP contribution in [-0.4, -0.2) is 61.4 Å². The van der Waals surface area contributed by atoms with Crippen LogP contribution in [0.3, 0.4) is 0 Å². The predicted molar refractivity (Wildman–Crippen MR) is 108 cm³/mol. The molecule has 1 aliphatic heterocycles. The Balaban J connectivity index is 2.27. The van der Waals surface area contributed by atoms with Crippen LogP contribution >= 0.6 is 0 Å². The van der Waals surface area contributed by atoms with Crippen molar-refractivity contribution in [2.75, 3.05) is 39.5 Å². The van der Waals surface area contributed by atoms with Crippen LogP contribution in [0.15, 0.2) is 0 Å². The molecule has 0 aromatic carbocycles. The molecule has 25 heavy (non-hydrogen) atoms. The van der Waals surface area contributed by atoms with Gasteiger partial charge in [-0.15, -0.1) is 0 Å².